The number of phenolic OH excluding ortho intramolecular Hbond substituents is 2. The van der Waals surface area contributed by atoms with Crippen LogP contribution in [0.5, 0.6) is 23.0 Å². The van der Waals surface area contributed by atoms with E-state index in [1.54, 1.807) is 30.4 Å². The molecule has 0 amide bonds. The van der Waals surface area contributed by atoms with Gasteiger partial charge < -0.3 is 19.7 Å². The summed E-state index contributed by atoms with van der Waals surface area (Å²) in [5.41, 5.74) is 0.118. The summed E-state index contributed by atoms with van der Waals surface area (Å²) < 4.78 is 11.8. The van der Waals surface area contributed by atoms with Crippen LogP contribution in [0.2, 0.25) is 0 Å². The zero-order valence-electron chi connectivity index (χ0n) is 13.6. The number of hydrogen-bond donors (Lipinski definition) is 2. The van der Waals surface area contributed by atoms with E-state index in [4.69, 9.17) is 32.7 Å². The van der Waals surface area contributed by atoms with Gasteiger partial charge in [-0.05, 0) is 24.3 Å². The SMILES string of the molecule is O=C1OC2(C3=CC=CC(Cl)C13Cl)c1ccc(O)cc1Oc1cc(O)ccc12. The predicted octanol–water partition coefficient (Wildman–Crippen LogP) is 4.09. The fourth-order valence-electron chi connectivity index (χ4n) is 3.95. The number of allylic oxidation sites excluding steroid dienone is 3. The van der Waals surface area contributed by atoms with E-state index in [2.05, 4.69) is 0 Å². The number of carbonyl (C=O) groups is 1. The summed E-state index contributed by atoms with van der Waals surface area (Å²) in [5, 5.41) is 19.0. The molecule has 3 aliphatic rings. The fraction of sp³-hybridized carbons (Fsp3) is 0.150. The van der Waals surface area contributed by atoms with Crippen molar-refractivity contribution in [2.45, 2.75) is 15.9 Å². The Balaban J connectivity index is 1.89. The van der Waals surface area contributed by atoms with Gasteiger partial charge in [-0.3, -0.25) is 0 Å². The number of halogens is 2. The fourth-order valence-corrected chi connectivity index (χ4v) is 4.55. The van der Waals surface area contributed by atoms with Gasteiger partial charge in [0, 0.05) is 28.8 Å². The second kappa shape index (κ2) is 5.21. The summed E-state index contributed by atoms with van der Waals surface area (Å²) >= 11 is 13.1. The highest BCUT2D eigenvalue weighted by molar-refractivity contribution is 6.44. The van der Waals surface area contributed by atoms with Gasteiger partial charge in [-0.1, -0.05) is 29.8 Å². The highest BCUT2D eigenvalue weighted by Crippen LogP contribution is 2.62. The number of fused-ring (bicyclic) bond motifs is 6. The highest BCUT2D eigenvalue weighted by Gasteiger charge is 2.67. The van der Waals surface area contributed by atoms with Gasteiger partial charge in [-0.25, -0.2) is 4.79 Å². The summed E-state index contributed by atoms with van der Waals surface area (Å²) in [4.78, 5) is 11.3. The van der Waals surface area contributed by atoms with Crippen LogP contribution in [0.15, 0.2) is 60.2 Å². The van der Waals surface area contributed by atoms with Crippen molar-refractivity contribution >= 4 is 29.2 Å². The number of ether oxygens (including phenoxy) is 2. The van der Waals surface area contributed by atoms with Crippen LogP contribution in [-0.4, -0.2) is 26.4 Å². The molecule has 0 radical (unpaired) electrons. The minimum Gasteiger partial charge on any atom is -0.508 e. The van der Waals surface area contributed by atoms with Gasteiger partial charge in [-0.15, -0.1) is 11.6 Å². The largest absolute Gasteiger partial charge is 0.508 e. The first-order valence-electron chi connectivity index (χ1n) is 8.18. The van der Waals surface area contributed by atoms with Gasteiger partial charge in [0.15, 0.2) is 10.5 Å². The molecule has 2 atom stereocenters. The summed E-state index contributed by atoms with van der Waals surface area (Å²) in [7, 11) is 0. The van der Waals surface area contributed by atoms with Crippen molar-refractivity contribution in [1.29, 1.82) is 0 Å². The molecule has 1 aliphatic carbocycles. The van der Waals surface area contributed by atoms with Crippen molar-refractivity contribution in [2.75, 3.05) is 0 Å². The normalized spacial score (nSPS) is 26.5. The zero-order valence-corrected chi connectivity index (χ0v) is 15.2. The van der Waals surface area contributed by atoms with Gasteiger partial charge in [0.05, 0.1) is 5.38 Å². The number of phenols is 2. The van der Waals surface area contributed by atoms with Crippen molar-refractivity contribution in [2.24, 2.45) is 0 Å². The van der Waals surface area contributed by atoms with Crippen LogP contribution >= 0.6 is 23.2 Å². The first kappa shape index (κ1) is 16.5. The third-order valence-electron chi connectivity index (χ3n) is 5.15. The topological polar surface area (TPSA) is 76.0 Å². The zero-order chi connectivity index (χ0) is 19.0. The molecule has 2 unspecified atom stereocenters. The summed E-state index contributed by atoms with van der Waals surface area (Å²) in [5.74, 6) is -0.102. The lowest BCUT2D eigenvalue weighted by Gasteiger charge is -2.38. The van der Waals surface area contributed by atoms with Gasteiger partial charge >= 0.3 is 5.97 Å². The van der Waals surface area contributed by atoms with Crippen molar-refractivity contribution in [1.82, 2.24) is 0 Å². The molecule has 2 heterocycles. The summed E-state index contributed by atoms with van der Waals surface area (Å²) in [6.45, 7) is 0. The Bertz CT molecular complexity index is 1020. The molecule has 136 valence electrons. The third kappa shape index (κ3) is 1.93. The number of esters is 1. The van der Waals surface area contributed by atoms with Gasteiger partial charge in [-0.2, -0.15) is 0 Å². The number of rotatable bonds is 0. The van der Waals surface area contributed by atoms with Crippen molar-refractivity contribution in [3.05, 3.63) is 71.3 Å². The van der Waals surface area contributed by atoms with Crippen LogP contribution in [-0.2, 0) is 15.1 Å². The maximum absolute atomic E-state index is 12.9. The third-order valence-corrected chi connectivity index (χ3v) is 6.32. The Morgan fingerprint density at radius 2 is 1.59 bits per heavy atom. The lowest BCUT2D eigenvalue weighted by atomic mass is 9.73. The minimum absolute atomic E-state index is 0.0123. The molecule has 27 heavy (non-hydrogen) atoms. The molecule has 7 heteroatoms. The van der Waals surface area contributed by atoms with Crippen molar-refractivity contribution < 1.29 is 24.5 Å². The van der Waals surface area contributed by atoms with Gasteiger partial charge in [0.25, 0.3) is 0 Å². The van der Waals surface area contributed by atoms with E-state index in [1.165, 1.54) is 24.3 Å². The molecule has 0 saturated carbocycles. The number of hydrogen-bond acceptors (Lipinski definition) is 5. The van der Waals surface area contributed by atoms with Crippen LogP contribution in [0.3, 0.4) is 0 Å². The average Bonchev–Trinajstić information content (AvgIpc) is 2.85. The Kier molecular flexibility index (Phi) is 3.19. The number of benzene rings is 2. The van der Waals surface area contributed by atoms with E-state index in [0.717, 1.165) is 0 Å². The lowest BCUT2D eigenvalue weighted by molar-refractivity contribution is -0.147. The van der Waals surface area contributed by atoms with E-state index >= 15 is 0 Å². The Labute approximate surface area is 164 Å². The number of aromatic hydroxyl groups is 2. The highest BCUT2D eigenvalue weighted by atomic mass is 35.5. The van der Waals surface area contributed by atoms with Crippen LogP contribution in [0.1, 0.15) is 11.1 Å². The molecular weight excluding hydrogens is 391 g/mol. The molecule has 1 saturated heterocycles. The Morgan fingerprint density at radius 1 is 1.00 bits per heavy atom. The molecule has 0 bridgehead atoms. The molecule has 5 nitrogen and oxygen atoms in total. The first-order chi connectivity index (χ1) is 12.9. The molecule has 0 aromatic heterocycles. The first-order valence-corrected chi connectivity index (χ1v) is 8.99. The van der Waals surface area contributed by atoms with Gasteiger partial charge in [0.1, 0.15) is 23.0 Å². The quantitative estimate of drug-likeness (QED) is 0.512. The van der Waals surface area contributed by atoms with Crippen molar-refractivity contribution in [3.8, 4) is 23.0 Å². The molecule has 2 N–H and O–H groups in total. The van der Waals surface area contributed by atoms with Crippen LogP contribution < -0.4 is 4.74 Å². The molecule has 1 spiro atoms. The summed E-state index contributed by atoms with van der Waals surface area (Å²) in [6, 6.07) is 9.05. The molecule has 2 aromatic rings. The van der Waals surface area contributed by atoms with Crippen molar-refractivity contribution in [3.63, 3.8) is 0 Å². The second-order valence-corrected chi connectivity index (χ2v) is 7.68. The van der Waals surface area contributed by atoms with E-state index in [1.807, 2.05) is 0 Å². The molecular formula is C20H12Cl2O5. The maximum Gasteiger partial charge on any atom is 0.335 e. The predicted molar refractivity (Wildman–Crippen MR) is 98.6 cm³/mol. The minimum atomic E-state index is -1.57. The summed E-state index contributed by atoms with van der Waals surface area (Å²) in [6.07, 6.45) is 5.08. The molecule has 2 aliphatic heterocycles. The molecule has 1 fully saturated rings. The Hall–Kier alpha value is -2.63. The number of carbonyl (C=O) groups excluding carboxylic acids is 1. The maximum atomic E-state index is 12.9. The van der Waals surface area contributed by atoms with Crippen LogP contribution in [0.4, 0.5) is 0 Å². The van der Waals surface area contributed by atoms with E-state index in [9.17, 15) is 15.0 Å². The monoisotopic (exact) mass is 402 g/mol. The number of alkyl halides is 2. The average molecular weight is 403 g/mol. The van der Waals surface area contributed by atoms with E-state index < -0.39 is 21.8 Å². The standard InChI is InChI=1S/C20H12Cl2O5/c21-17-3-1-2-16-19(17,22)18(25)27-20(16)12-6-4-10(23)8-14(12)26-15-9-11(24)5-7-13(15)20/h1-9,17,23-24H. The van der Waals surface area contributed by atoms with Crippen LogP contribution in [0.25, 0.3) is 0 Å². The Morgan fingerprint density at radius 3 is 2.19 bits per heavy atom. The van der Waals surface area contributed by atoms with E-state index in [0.29, 0.717) is 28.2 Å². The van der Waals surface area contributed by atoms with E-state index in [-0.39, 0.29) is 11.5 Å². The molecule has 2 aromatic carbocycles. The van der Waals surface area contributed by atoms with Crippen LogP contribution in [0, 0.1) is 0 Å². The molecule has 5 rings (SSSR count). The second-order valence-electron chi connectivity index (χ2n) is 6.61. The smallest absolute Gasteiger partial charge is 0.335 e. The lowest BCUT2D eigenvalue weighted by Crippen LogP contribution is -2.42. The van der Waals surface area contributed by atoms with Gasteiger partial charge in [0.2, 0.25) is 0 Å².